The van der Waals surface area contributed by atoms with Gasteiger partial charge in [0.2, 0.25) is 0 Å². The highest BCUT2D eigenvalue weighted by molar-refractivity contribution is 7.22. The van der Waals surface area contributed by atoms with Crippen molar-refractivity contribution in [1.29, 1.82) is 0 Å². The summed E-state index contributed by atoms with van der Waals surface area (Å²) in [7, 11) is 0. The first kappa shape index (κ1) is 9.46. The van der Waals surface area contributed by atoms with Crippen LogP contribution in [0.4, 0.5) is 5.13 Å². The van der Waals surface area contributed by atoms with Gasteiger partial charge in [-0.25, -0.2) is 4.98 Å². The predicted octanol–water partition coefficient (Wildman–Crippen LogP) is 3.18. The zero-order valence-corrected chi connectivity index (χ0v) is 9.48. The van der Waals surface area contributed by atoms with Gasteiger partial charge in [0.15, 0.2) is 5.13 Å². The largest absolute Gasteiger partial charge is 0.375 e. The molecule has 0 amide bonds. The lowest BCUT2D eigenvalue weighted by Crippen LogP contribution is -2.11. The smallest absolute Gasteiger partial charge is 0.181 e. The SMILES string of the molecule is CC(C)(C)c1cccc2sc(N)nc12. The second-order valence-electron chi connectivity index (χ2n) is 4.45. The lowest BCUT2D eigenvalue weighted by molar-refractivity contribution is 0.595. The van der Waals surface area contributed by atoms with Crippen LogP contribution in [-0.2, 0) is 5.41 Å². The van der Waals surface area contributed by atoms with E-state index in [0.717, 1.165) is 5.52 Å². The van der Waals surface area contributed by atoms with Crippen LogP contribution in [-0.4, -0.2) is 4.98 Å². The van der Waals surface area contributed by atoms with Crippen molar-refractivity contribution in [3.63, 3.8) is 0 Å². The Bertz CT molecular complexity index is 466. The molecule has 0 aliphatic carbocycles. The monoisotopic (exact) mass is 206 g/mol. The molecule has 1 aromatic heterocycles. The normalized spacial score (nSPS) is 12.2. The Morgan fingerprint density at radius 3 is 2.64 bits per heavy atom. The molecule has 0 aliphatic rings. The highest BCUT2D eigenvalue weighted by Crippen LogP contribution is 2.32. The number of thiazole rings is 1. The average Bonchev–Trinajstić information content (AvgIpc) is 2.41. The Balaban J connectivity index is 2.77. The molecule has 0 saturated carbocycles. The van der Waals surface area contributed by atoms with E-state index in [9.17, 15) is 0 Å². The molecule has 2 aromatic rings. The van der Waals surface area contributed by atoms with Crippen LogP contribution in [0.25, 0.3) is 10.2 Å². The van der Waals surface area contributed by atoms with Crippen molar-refractivity contribution in [2.75, 3.05) is 5.73 Å². The molecule has 0 bridgehead atoms. The molecule has 2 nitrogen and oxygen atoms in total. The van der Waals surface area contributed by atoms with E-state index in [1.165, 1.54) is 10.3 Å². The topological polar surface area (TPSA) is 38.9 Å². The lowest BCUT2D eigenvalue weighted by Gasteiger charge is -2.19. The molecule has 0 fully saturated rings. The Morgan fingerprint density at radius 1 is 1.29 bits per heavy atom. The molecule has 2 N–H and O–H groups in total. The van der Waals surface area contributed by atoms with Gasteiger partial charge in [0, 0.05) is 0 Å². The zero-order valence-electron chi connectivity index (χ0n) is 8.66. The quantitative estimate of drug-likeness (QED) is 0.719. The minimum Gasteiger partial charge on any atom is -0.375 e. The van der Waals surface area contributed by atoms with Gasteiger partial charge in [0.1, 0.15) is 0 Å². The maximum atomic E-state index is 5.71. The number of nitrogen functional groups attached to an aromatic ring is 1. The fraction of sp³-hybridized carbons (Fsp3) is 0.364. The van der Waals surface area contributed by atoms with Gasteiger partial charge in [-0.2, -0.15) is 0 Å². The second-order valence-corrected chi connectivity index (χ2v) is 5.52. The number of benzene rings is 1. The highest BCUT2D eigenvalue weighted by Gasteiger charge is 2.18. The van der Waals surface area contributed by atoms with E-state index in [0.29, 0.717) is 5.13 Å². The van der Waals surface area contributed by atoms with Crippen LogP contribution < -0.4 is 5.73 Å². The summed E-state index contributed by atoms with van der Waals surface area (Å²) in [5, 5.41) is 0.650. The molecule has 74 valence electrons. The van der Waals surface area contributed by atoms with Crippen LogP contribution in [0.1, 0.15) is 26.3 Å². The molecule has 0 spiro atoms. The summed E-state index contributed by atoms with van der Waals surface area (Å²) >= 11 is 1.55. The van der Waals surface area contributed by atoms with Crippen LogP contribution in [0, 0.1) is 0 Å². The zero-order chi connectivity index (χ0) is 10.3. The third-order valence-electron chi connectivity index (χ3n) is 2.24. The molecule has 1 heterocycles. The van der Waals surface area contributed by atoms with E-state index < -0.39 is 0 Å². The molecule has 0 unspecified atom stereocenters. The van der Waals surface area contributed by atoms with Crippen molar-refractivity contribution in [1.82, 2.24) is 4.98 Å². The van der Waals surface area contributed by atoms with E-state index in [1.807, 2.05) is 0 Å². The van der Waals surface area contributed by atoms with Gasteiger partial charge in [0.05, 0.1) is 10.2 Å². The van der Waals surface area contributed by atoms with Crippen molar-refractivity contribution in [3.05, 3.63) is 23.8 Å². The minimum absolute atomic E-state index is 0.125. The number of anilines is 1. The molecular weight excluding hydrogens is 192 g/mol. The van der Waals surface area contributed by atoms with Gasteiger partial charge >= 0.3 is 0 Å². The summed E-state index contributed by atoms with van der Waals surface area (Å²) in [6, 6.07) is 6.26. The number of hydrogen-bond donors (Lipinski definition) is 1. The molecule has 0 saturated heterocycles. The maximum Gasteiger partial charge on any atom is 0.181 e. The summed E-state index contributed by atoms with van der Waals surface area (Å²) < 4.78 is 1.18. The first-order valence-electron chi connectivity index (χ1n) is 4.64. The summed E-state index contributed by atoms with van der Waals surface area (Å²) in [5.41, 5.74) is 8.16. The van der Waals surface area contributed by atoms with Gasteiger partial charge in [0.25, 0.3) is 0 Å². The number of rotatable bonds is 0. The highest BCUT2D eigenvalue weighted by atomic mass is 32.1. The number of hydrogen-bond acceptors (Lipinski definition) is 3. The van der Waals surface area contributed by atoms with E-state index in [4.69, 9.17) is 5.73 Å². The molecular formula is C11H14N2S. The fourth-order valence-electron chi connectivity index (χ4n) is 1.57. The van der Waals surface area contributed by atoms with Crippen LogP contribution in [0.2, 0.25) is 0 Å². The van der Waals surface area contributed by atoms with Crippen LogP contribution in [0.5, 0.6) is 0 Å². The number of fused-ring (bicyclic) bond motifs is 1. The standard InChI is InChI=1S/C11H14N2S/c1-11(2,3)7-5-4-6-8-9(7)13-10(12)14-8/h4-6H,1-3H3,(H2,12,13). The number of para-hydroxylation sites is 1. The van der Waals surface area contributed by atoms with Gasteiger partial charge in [-0.1, -0.05) is 44.2 Å². The molecule has 0 atom stereocenters. The van der Waals surface area contributed by atoms with E-state index in [-0.39, 0.29) is 5.41 Å². The predicted molar refractivity (Wildman–Crippen MR) is 62.7 cm³/mol. The number of nitrogens with two attached hydrogens (primary N) is 1. The van der Waals surface area contributed by atoms with Crippen LogP contribution >= 0.6 is 11.3 Å². The number of nitrogens with zero attached hydrogens (tertiary/aromatic N) is 1. The van der Waals surface area contributed by atoms with E-state index in [2.05, 4.69) is 44.0 Å². The molecule has 0 radical (unpaired) electrons. The van der Waals surface area contributed by atoms with Crippen molar-refractivity contribution in [2.24, 2.45) is 0 Å². The second kappa shape index (κ2) is 2.95. The number of aromatic nitrogens is 1. The fourth-order valence-corrected chi connectivity index (χ4v) is 2.33. The lowest BCUT2D eigenvalue weighted by atomic mass is 9.86. The maximum absolute atomic E-state index is 5.71. The third kappa shape index (κ3) is 1.48. The summed E-state index contributed by atoms with van der Waals surface area (Å²) in [5.74, 6) is 0. The molecule has 14 heavy (non-hydrogen) atoms. The summed E-state index contributed by atoms with van der Waals surface area (Å²) in [4.78, 5) is 4.38. The molecule has 0 aliphatic heterocycles. The van der Waals surface area contributed by atoms with Gasteiger partial charge in [-0.3, -0.25) is 0 Å². The van der Waals surface area contributed by atoms with Crippen LogP contribution in [0.15, 0.2) is 18.2 Å². The van der Waals surface area contributed by atoms with Gasteiger partial charge < -0.3 is 5.73 Å². The van der Waals surface area contributed by atoms with Crippen LogP contribution in [0.3, 0.4) is 0 Å². The molecule has 1 aromatic carbocycles. The Hall–Kier alpha value is -1.09. The first-order chi connectivity index (χ1) is 6.48. The van der Waals surface area contributed by atoms with Gasteiger partial charge in [-0.05, 0) is 17.0 Å². The van der Waals surface area contributed by atoms with E-state index in [1.54, 1.807) is 11.3 Å². The third-order valence-corrected chi connectivity index (χ3v) is 3.09. The summed E-state index contributed by atoms with van der Waals surface area (Å²) in [6.07, 6.45) is 0. The van der Waals surface area contributed by atoms with Crippen molar-refractivity contribution >= 4 is 26.7 Å². The first-order valence-corrected chi connectivity index (χ1v) is 5.45. The average molecular weight is 206 g/mol. The van der Waals surface area contributed by atoms with Crippen molar-refractivity contribution in [3.8, 4) is 0 Å². The van der Waals surface area contributed by atoms with Gasteiger partial charge in [-0.15, -0.1) is 0 Å². The summed E-state index contributed by atoms with van der Waals surface area (Å²) in [6.45, 7) is 6.58. The Morgan fingerprint density at radius 2 is 2.00 bits per heavy atom. The van der Waals surface area contributed by atoms with E-state index >= 15 is 0 Å². The van der Waals surface area contributed by atoms with Crippen molar-refractivity contribution in [2.45, 2.75) is 26.2 Å². The molecule has 3 heteroatoms. The molecule has 2 rings (SSSR count). The minimum atomic E-state index is 0.125. The Kier molecular flexibility index (Phi) is 2.00. The Labute approximate surface area is 87.8 Å². The van der Waals surface area contributed by atoms with Crippen molar-refractivity contribution < 1.29 is 0 Å².